The first-order valence-corrected chi connectivity index (χ1v) is 6.85. The molecule has 116 valence electrons. The standard InChI is InChI=1S/C15H22N2O4/c1-11(2)21-14(18)7-8-16-15(19)17-10-12-5-4-6-13(9-12)20-3/h4-6,9,11H,7-8,10H2,1-3H3,(H2,16,17,19). The molecule has 0 heterocycles. The van der Waals surface area contributed by atoms with E-state index in [4.69, 9.17) is 9.47 Å². The Hall–Kier alpha value is -2.24. The molecule has 0 atom stereocenters. The maximum atomic E-state index is 11.6. The highest BCUT2D eigenvalue weighted by molar-refractivity contribution is 5.75. The second-order valence-electron chi connectivity index (χ2n) is 4.75. The quantitative estimate of drug-likeness (QED) is 0.752. The highest BCUT2D eigenvalue weighted by Gasteiger charge is 2.06. The molecule has 0 spiro atoms. The second kappa shape index (κ2) is 8.84. The zero-order chi connectivity index (χ0) is 15.7. The SMILES string of the molecule is COc1cccc(CNC(=O)NCCC(=O)OC(C)C)c1. The summed E-state index contributed by atoms with van der Waals surface area (Å²) in [5.41, 5.74) is 0.934. The molecule has 0 unspecified atom stereocenters. The van der Waals surface area contributed by atoms with Gasteiger partial charge in [-0.15, -0.1) is 0 Å². The molecule has 6 heteroatoms. The number of urea groups is 1. The molecular formula is C15H22N2O4. The van der Waals surface area contributed by atoms with Gasteiger partial charge in [0.25, 0.3) is 0 Å². The summed E-state index contributed by atoms with van der Waals surface area (Å²) in [7, 11) is 1.59. The van der Waals surface area contributed by atoms with Crippen molar-refractivity contribution in [1.82, 2.24) is 10.6 Å². The van der Waals surface area contributed by atoms with E-state index in [-0.39, 0.29) is 31.1 Å². The van der Waals surface area contributed by atoms with Crippen LogP contribution in [-0.2, 0) is 16.1 Å². The smallest absolute Gasteiger partial charge is 0.315 e. The van der Waals surface area contributed by atoms with Crippen molar-refractivity contribution in [3.8, 4) is 5.75 Å². The largest absolute Gasteiger partial charge is 0.497 e. The van der Waals surface area contributed by atoms with Crippen molar-refractivity contribution in [3.63, 3.8) is 0 Å². The topological polar surface area (TPSA) is 76.7 Å². The minimum absolute atomic E-state index is 0.139. The molecule has 0 aromatic heterocycles. The first kappa shape index (κ1) is 16.8. The van der Waals surface area contributed by atoms with E-state index in [0.29, 0.717) is 6.54 Å². The predicted octanol–water partition coefficient (Wildman–Crippen LogP) is 1.84. The number of ether oxygens (including phenoxy) is 2. The molecule has 1 aromatic rings. The molecule has 0 fully saturated rings. The Balaban J connectivity index is 2.23. The minimum Gasteiger partial charge on any atom is -0.497 e. The van der Waals surface area contributed by atoms with Crippen LogP contribution in [0.5, 0.6) is 5.75 Å². The van der Waals surface area contributed by atoms with E-state index in [1.54, 1.807) is 21.0 Å². The monoisotopic (exact) mass is 294 g/mol. The van der Waals surface area contributed by atoms with Crippen molar-refractivity contribution < 1.29 is 19.1 Å². The third-order valence-electron chi connectivity index (χ3n) is 2.57. The summed E-state index contributed by atoms with van der Waals surface area (Å²) in [6.45, 7) is 4.20. The van der Waals surface area contributed by atoms with E-state index in [1.807, 2.05) is 24.3 Å². The first-order valence-electron chi connectivity index (χ1n) is 6.85. The van der Waals surface area contributed by atoms with Crippen LogP contribution < -0.4 is 15.4 Å². The third kappa shape index (κ3) is 7.20. The summed E-state index contributed by atoms with van der Waals surface area (Å²) in [5.74, 6) is 0.421. The van der Waals surface area contributed by atoms with Crippen LogP contribution in [0, 0.1) is 0 Å². The summed E-state index contributed by atoms with van der Waals surface area (Å²) < 4.78 is 10.1. The van der Waals surface area contributed by atoms with Gasteiger partial charge in [0.15, 0.2) is 0 Å². The van der Waals surface area contributed by atoms with Gasteiger partial charge in [0.05, 0.1) is 19.6 Å². The van der Waals surface area contributed by atoms with Gasteiger partial charge in [0.2, 0.25) is 0 Å². The molecule has 2 amide bonds. The molecule has 0 bridgehead atoms. The van der Waals surface area contributed by atoms with Gasteiger partial charge in [-0.3, -0.25) is 4.79 Å². The molecule has 0 saturated heterocycles. The predicted molar refractivity (Wildman–Crippen MR) is 79.1 cm³/mol. The molecule has 0 aliphatic rings. The van der Waals surface area contributed by atoms with Crippen LogP contribution in [0.15, 0.2) is 24.3 Å². The Kier molecular flexibility index (Phi) is 7.08. The van der Waals surface area contributed by atoms with E-state index < -0.39 is 0 Å². The molecule has 21 heavy (non-hydrogen) atoms. The van der Waals surface area contributed by atoms with Crippen LogP contribution in [0.2, 0.25) is 0 Å². The number of amides is 2. The molecule has 1 aromatic carbocycles. The Morgan fingerprint density at radius 3 is 2.67 bits per heavy atom. The summed E-state index contributed by atoms with van der Waals surface area (Å²) in [5, 5.41) is 5.31. The molecule has 0 aliphatic carbocycles. The van der Waals surface area contributed by atoms with E-state index >= 15 is 0 Å². The lowest BCUT2D eigenvalue weighted by atomic mass is 10.2. The summed E-state index contributed by atoms with van der Waals surface area (Å²) in [6, 6.07) is 7.11. The fraction of sp³-hybridized carbons (Fsp3) is 0.467. The van der Waals surface area contributed by atoms with Crippen molar-refractivity contribution in [3.05, 3.63) is 29.8 Å². The summed E-state index contributed by atoms with van der Waals surface area (Å²) in [4.78, 5) is 22.8. The van der Waals surface area contributed by atoms with Crippen molar-refractivity contribution in [2.75, 3.05) is 13.7 Å². The van der Waals surface area contributed by atoms with Crippen molar-refractivity contribution in [2.45, 2.75) is 32.9 Å². The van der Waals surface area contributed by atoms with Gasteiger partial charge in [-0.25, -0.2) is 4.79 Å². The lowest BCUT2D eigenvalue weighted by Crippen LogP contribution is -2.36. The van der Waals surface area contributed by atoms with Gasteiger partial charge in [0.1, 0.15) is 5.75 Å². The lowest BCUT2D eigenvalue weighted by molar-refractivity contribution is -0.147. The molecule has 1 rings (SSSR count). The number of nitrogens with one attached hydrogen (secondary N) is 2. The Morgan fingerprint density at radius 2 is 2.00 bits per heavy atom. The van der Waals surface area contributed by atoms with Crippen LogP contribution in [-0.4, -0.2) is 31.8 Å². The molecular weight excluding hydrogens is 272 g/mol. The van der Waals surface area contributed by atoms with Crippen LogP contribution in [0.4, 0.5) is 4.79 Å². The number of esters is 1. The van der Waals surface area contributed by atoms with Crippen molar-refractivity contribution >= 4 is 12.0 Å². The summed E-state index contributed by atoms with van der Waals surface area (Å²) >= 11 is 0. The fourth-order valence-corrected chi connectivity index (χ4v) is 1.63. The van der Waals surface area contributed by atoms with Gasteiger partial charge in [-0.1, -0.05) is 12.1 Å². The average Bonchev–Trinajstić information content (AvgIpc) is 2.44. The fourth-order valence-electron chi connectivity index (χ4n) is 1.63. The zero-order valence-corrected chi connectivity index (χ0v) is 12.6. The second-order valence-corrected chi connectivity index (χ2v) is 4.75. The molecule has 2 N–H and O–H groups in total. The number of benzene rings is 1. The van der Waals surface area contributed by atoms with Gasteiger partial charge >= 0.3 is 12.0 Å². The zero-order valence-electron chi connectivity index (χ0n) is 12.6. The maximum absolute atomic E-state index is 11.6. The minimum atomic E-state index is -0.324. The lowest BCUT2D eigenvalue weighted by Gasteiger charge is -2.10. The number of carbonyl (C=O) groups is 2. The van der Waals surface area contributed by atoms with Crippen LogP contribution in [0.3, 0.4) is 0 Å². The Bertz CT molecular complexity index is 474. The van der Waals surface area contributed by atoms with Crippen molar-refractivity contribution in [1.29, 1.82) is 0 Å². The van der Waals surface area contributed by atoms with Gasteiger partial charge in [-0.05, 0) is 31.5 Å². The average molecular weight is 294 g/mol. The molecule has 6 nitrogen and oxygen atoms in total. The first-order chi connectivity index (χ1) is 10.0. The maximum Gasteiger partial charge on any atom is 0.315 e. The molecule has 0 saturated carbocycles. The molecule has 0 aliphatic heterocycles. The highest BCUT2D eigenvalue weighted by atomic mass is 16.5. The van der Waals surface area contributed by atoms with Gasteiger partial charge < -0.3 is 20.1 Å². The highest BCUT2D eigenvalue weighted by Crippen LogP contribution is 2.11. The number of hydrogen-bond donors (Lipinski definition) is 2. The normalized spacial score (nSPS) is 10.1. The van der Waals surface area contributed by atoms with E-state index in [0.717, 1.165) is 11.3 Å². The van der Waals surface area contributed by atoms with Crippen LogP contribution >= 0.6 is 0 Å². The van der Waals surface area contributed by atoms with E-state index in [1.165, 1.54) is 0 Å². The third-order valence-corrected chi connectivity index (χ3v) is 2.57. The van der Waals surface area contributed by atoms with Crippen LogP contribution in [0.1, 0.15) is 25.8 Å². The number of rotatable bonds is 7. The number of methoxy groups -OCH3 is 1. The Labute approximate surface area is 124 Å². The van der Waals surface area contributed by atoms with Crippen LogP contribution in [0.25, 0.3) is 0 Å². The van der Waals surface area contributed by atoms with Gasteiger partial charge in [0, 0.05) is 13.1 Å². The van der Waals surface area contributed by atoms with E-state index in [9.17, 15) is 9.59 Å². The number of hydrogen-bond acceptors (Lipinski definition) is 4. The van der Waals surface area contributed by atoms with E-state index in [2.05, 4.69) is 10.6 Å². The number of carbonyl (C=O) groups excluding carboxylic acids is 2. The van der Waals surface area contributed by atoms with Gasteiger partial charge in [-0.2, -0.15) is 0 Å². The van der Waals surface area contributed by atoms with Crippen molar-refractivity contribution in [2.24, 2.45) is 0 Å². The Morgan fingerprint density at radius 1 is 1.24 bits per heavy atom. The molecule has 0 radical (unpaired) electrons. The summed E-state index contributed by atoms with van der Waals surface area (Å²) in [6.07, 6.45) is 0.0180.